The van der Waals surface area contributed by atoms with Crippen LogP contribution in [0.4, 0.5) is 0 Å². The topological polar surface area (TPSA) is 33.1 Å². The Morgan fingerprint density at radius 2 is 2.00 bits per heavy atom. The summed E-state index contributed by atoms with van der Waals surface area (Å²) in [6.45, 7) is 12.6. The fourth-order valence-electron chi connectivity index (χ4n) is 3.34. The summed E-state index contributed by atoms with van der Waals surface area (Å²) < 4.78 is 1.89. The van der Waals surface area contributed by atoms with Crippen molar-refractivity contribution in [2.45, 2.75) is 58.0 Å². The van der Waals surface area contributed by atoms with Crippen molar-refractivity contribution in [1.82, 2.24) is 20.0 Å². The van der Waals surface area contributed by atoms with Gasteiger partial charge in [-0.1, -0.05) is 13.8 Å². The molecular formula is C16H30N4. The molecule has 0 aromatic carbocycles. The van der Waals surface area contributed by atoms with Gasteiger partial charge in [0.2, 0.25) is 0 Å². The van der Waals surface area contributed by atoms with Crippen LogP contribution in [0.25, 0.3) is 0 Å². The van der Waals surface area contributed by atoms with E-state index in [4.69, 9.17) is 0 Å². The lowest BCUT2D eigenvalue weighted by atomic mass is 9.84. The maximum atomic E-state index is 4.27. The van der Waals surface area contributed by atoms with Gasteiger partial charge in [-0.25, -0.2) is 0 Å². The molecule has 1 saturated heterocycles. The second kappa shape index (κ2) is 5.86. The van der Waals surface area contributed by atoms with Gasteiger partial charge in [0.15, 0.2) is 0 Å². The van der Waals surface area contributed by atoms with Crippen molar-refractivity contribution in [1.29, 1.82) is 0 Å². The second-order valence-electron chi connectivity index (χ2n) is 6.86. The van der Waals surface area contributed by atoms with Crippen LogP contribution in [-0.4, -0.2) is 45.4 Å². The molecule has 4 nitrogen and oxygen atoms in total. The number of nitrogens with one attached hydrogen (secondary N) is 1. The molecule has 0 bridgehead atoms. The van der Waals surface area contributed by atoms with E-state index >= 15 is 0 Å². The molecule has 0 atom stereocenters. The smallest absolute Gasteiger partial charge is 0.0522 e. The molecule has 1 aliphatic heterocycles. The molecule has 114 valence electrons. The highest BCUT2D eigenvalue weighted by atomic mass is 15.3. The number of aryl methyl sites for hydroxylation is 1. The maximum absolute atomic E-state index is 4.27. The third-order valence-electron chi connectivity index (χ3n) is 4.90. The summed E-state index contributed by atoms with van der Waals surface area (Å²) in [6.07, 6.45) is 7.63. The van der Waals surface area contributed by atoms with Crippen LogP contribution in [0.15, 0.2) is 12.4 Å². The number of nitrogens with zero attached hydrogens (tertiary/aromatic N) is 3. The van der Waals surface area contributed by atoms with Crippen LogP contribution in [-0.2, 0) is 13.5 Å². The lowest BCUT2D eigenvalue weighted by Gasteiger charge is -2.52. The minimum Gasteiger partial charge on any atom is -0.309 e. The van der Waals surface area contributed by atoms with E-state index in [2.05, 4.69) is 49.2 Å². The summed E-state index contributed by atoms with van der Waals surface area (Å²) in [7, 11) is 1.99. The molecule has 0 amide bonds. The fourth-order valence-corrected chi connectivity index (χ4v) is 3.34. The number of aromatic nitrogens is 2. The van der Waals surface area contributed by atoms with E-state index in [-0.39, 0.29) is 5.54 Å². The van der Waals surface area contributed by atoms with Gasteiger partial charge < -0.3 is 5.32 Å². The van der Waals surface area contributed by atoms with E-state index in [0.717, 1.165) is 26.1 Å². The third-order valence-corrected chi connectivity index (χ3v) is 4.90. The highest BCUT2D eigenvalue weighted by Gasteiger charge is 2.41. The molecule has 1 fully saturated rings. The fraction of sp³-hybridized carbons (Fsp3) is 0.812. The first-order chi connectivity index (χ1) is 9.41. The Morgan fingerprint density at radius 1 is 1.30 bits per heavy atom. The van der Waals surface area contributed by atoms with E-state index in [1.807, 2.05) is 17.9 Å². The van der Waals surface area contributed by atoms with E-state index in [0.29, 0.717) is 5.54 Å². The number of rotatable bonds is 5. The molecule has 0 spiro atoms. The zero-order valence-electron chi connectivity index (χ0n) is 13.7. The van der Waals surface area contributed by atoms with Crippen molar-refractivity contribution in [2.75, 3.05) is 19.6 Å². The SMILES string of the molecule is CCC1(CC)CNC(C)(C)CN1CCc1cnn(C)c1. The number of piperazine rings is 1. The summed E-state index contributed by atoms with van der Waals surface area (Å²) in [4.78, 5) is 2.70. The molecule has 2 rings (SSSR count). The second-order valence-corrected chi connectivity index (χ2v) is 6.86. The summed E-state index contributed by atoms with van der Waals surface area (Å²) in [5.74, 6) is 0. The predicted octanol–water partition coefficient (Wildman–Crippen LogP) is 2.21. The predicted molar refractivity (Wildman–Crippen MR) is 83.9 cm³/mol. The molecule has 1 aromatic heterocycles. The van der Waals surface area contributed by atoms with Crippen LogP contribution >= 0.6 is 0 Å². The molecule has 0 unspecified atom stereocenters. The van der Waals surface area contributed by atoms with Crippen LogP contribution in [0.2, 0.25) is 0 Å². The van der Waals surface area contributed by atoms with Crippen LogP contribution in [0, 0.1) is 0 Å². The maximum Gasteiger partial charge on any atom is 0.0522 e. The summed E-state index contributed by atoms with van der Waals surface area (Å²) >= 11 is 0. The Kier molecular flexibility index (Phi) is 4.55. The zero-order chi connectivity index (χ0) is 14.8. The highest BCUT2D eigenvalue weighted by Crippen LogP contribution is 2.30. The van der Waals surface area contributed by atoms with Gasteiger partial charge in [-0.05, 0) is 38.7 Å². The quantitative estimate of drug-likeness (QED) is 0.896. The Hall–Kier alpha value is -0.870. The minimum absolute atomic E-state index is 0.211. The molecule has 1 N–H and O–H groups in total. The van der Waals surface area contributed by atoms with Gasteiger partial charge >= 0.3 is 0 Å². The van der Waals surface area contributed by atoms with E-state index in [1.165, 1.54) is 18.4 Å². The molecule has 0 radical (unpaired) electrons. The lowest BCUT2D eigenvalue weighted by molar-refractivity contribution is 0.00990. The van der Waals surface area contributed by atoms with Crippen molar-refractivity contribution in [2.24, 2.45) is 7.05 Å². The van der Waals surface area contributed by atoms with Crippen molar-refractivity contribution in [3.8, 4) is 0 Å². The standard InChI is InChI=1S/C16H30N4/c1-6-16(7-2)12-17-15(3,4)13-20(16)9-8-14-10-18-19(5)11-14/h10-11,17H,6-9,12-13H2,1-5H3. The first-order valence-corrected chi connectivity index (χ1v) is 7.88. The lowest BCUT2D eigenvalue weighted by Crippen LogP contribution is -2.68. The Labute approximate surface area is 123 Å². The van der Waals surface area contributed by atoms with Gasteiger partial charge in [0.25, 0.3) is 0 Å². The first-order valence-electron chi connectivity index (χ1n) is 7.88. The van der Waals surface area contributed by atoms with E-state index in [1.54, 1.807) is 0 Å². The molecule has 2 heterocycles. The average Bonchev–Trinajstić information content (AvgIpc) is 2.82. The van der Waals surface area contributed by atoms with Crippen LogP contribution in [0.5, 0.6) is 0 Å². The Bertz CT molecular complexity index is 431. The summed E-state index contributed by atoms with van der Waals surface area (Å²) in [6, 6.07) is 0. The molecule has 0 saturated carbocycles. The molecule has 4 heteroatoms. The molecule has 20 heavy (non-hydrogen) atoms. The number of hydrogen-bond donors (Lipinski definition) is 1. The molecule has 1 aliphatic rings. The monoisotopic (exact) mass is 278 g/mol. The van der Waals surface area contributed by atoms with E-state index in [9.17, 15) is 0 Å². The largest absolute Gasteiger partial charge is 0.309 e. The van der Waals surface area contributed by atoms with Gasteiger partial charge in [0.1, 0.15) is 0 Å². The molecular weight excluding hydrogens is 248 g/mol. The molecule has 1 aromatic rings. The van der Waals surface area contributed by atoms with Crippen molar-refractivity contribution < 1.29 is 0 Å². The Balaban J connectivity index is 2.07. The Morgan fingerprint density at radius 3 is 2.55 bits per heavy atom. The average molecular weight is 278 g/mol. The van der Waals surface area contributed by atoms with Gasteiger partial charge in [-0.2, -0.15) is 5.10 Å². The zero-order valence-corrected chi connectivity index (χ0v) is 13.7. The number of hydrogen-bond acceptors (Lipinski definition) is 3. The van der Waals surface area contributed by atoms with Gasteiger partial charge in [-0.15, -0.1) is 0 Å². The van der Waals surface area contributed by atoms with Gasteiger partial charge in [-0.3, -0.25) is 9.58 Å². The van der Waals surface area contributed by atoms with E-state index < -0.39 is 0 Å². The molecule has 0 aliphatic carbocycles. The highest BCUT2D eigenvalue weighted by molar-refractivity contribution is 5.07. The summed E-state index contributed by atoms with van der Waals surface area (Å²) in [5, 5.41) is 8.00. The summed E-state index contributed by atoms with van der Waals surface area (Å²) in [5.41, 5.74) is 1.87. The van der Waals surface area contributed by atoms with Gasteiger partial charge in [0, 0.05) is 44.0 Å². The minimum atomic E-state index is 0.211. The van der Waals surface area contributed by atoms with Crippen LogP contribution < -0.4 is 5.32 Å². The third kappa shape index (κ3) is 3.23. The van der Waals surface area contributed by atoms with Crippen LogP contribution in [0.1, 0.15) is 46.1 Å². The van der Waals surface area contributed by atoms with Crippen molar-refractivity contribution in [3.05, 3.63) is 18.0 Å². The normalized spacial score (nSPS) is 22.1. The van der Waals surface area contributed by atoms with Crippen LogP contribution in [0.3, 0.4) is 0 Å². The van der Waals surface area contributed by atoms with Crippen molar-refractivity contribution >= 4 is 0 Å². The van der Waals surface area contributed by atoms with Gasteiger partial charge in [0.05, 0.1) is 6.20 Å². The first kappa shape index (κ1) is 15.5. The van der Waals surface area contributed by atoms with Crippen molar-refractivity contribution in [3.63, 3.8) is 0 Å².